The summed E-state index contributed by atoms with van der Waals surface area (Å²) in [6.45, 7) is 0.684. The number of hydrogen-bond acceptors (Lipinski definition) is 3. The minimum Gasteiger partial charge on any atom is -0.497 e. The van der Waals surface area contributed by atoms with Crippen LogP contribution in [0.5, 0.6) is 11.5 Å². The van der Waals surface area contributed by atoms with Crippen LogP contribution in [-0.2, 0) is 6.42 Å². The van der Waals surface area contributed by atoms with Gasteiger partial charge in [-0.05, 0) is 48.4 Å². The summed E-state index contributed by atoms with van der Waals surface area (Å²) in [6.07, 6.45) is 1.87. The van der Waals surface area contributed by atoms with E-state index in [0.717, 1.165) is 24.3 Å². The average molecular weight is 245 g/mol. The van der Waals surface area contributed by atoms with Gasteiger partial charge in [0.2, 0.25) is 0 Å². The zero-order valence-corrected chi connectivity index (χ0v) is 10.9. The molecule has 0 aliphatic carbocycles. The summed E-state index contributed by atoms with van der Waals surface area (Å²) in [7, 11) is 3.38. The number of nitrogens with two attached hydrogens (primary N) is 1. The van der Waals surface area contributed by atoms with E-state index in [9.17, 15) is 0 Å². The van der Waals surface area contributed by atoms with Gasteiger partial charge in [-0.25, -0.2) is 0 Å². The molecule has 0 atom stereocenters. The van der Waals surface area contributed by atoms with Gasteiger partial charge in [0.25, 0.3) is 0 Å². The van der Waals surface area contributed by atoms with Crippen molar-refractivity contribution in [1.82, 2.24) is 0 Å². The summed E-state index contributed by atoms with van der Waals surface area (Å²) >= 11 is 0. The molecule has 2 aromatic carbocycles. The molecular formula is C15H19NO2. The largest absolute Gasteiger partial charge is 0.497 e. The molecule has 0 aliphatic heterocycles. The Morgan fingerprint density at radius 2 is 1.83 bits per heavy atom. The lowest BCUT2D eigenvalue weighted by atomic mass is 9.99. The molecule has 3 nitrogen and oxygen atoms in total. The van der Waals surface area contributed by atoms with Gasteiger partial charge in [0.1, 0.15) is 11.5 Å². The number of fused-ring (bicyclic) bond motifs is 1. The predicted molar refractivity (Wildman–Crippen MR) is 74.4 cm³/mol. The van der Waals surface area contributed by atoms with E-state index in [1.54, 1.807) is 14.2 Å². The van der Waals surface area contributed by atoms with Crippen LogP contribution in [0, 0.1) is 0 Å². The van der Waals surface area contributed by atoms with E-state index in [1.165, 1.54) is 16.3 Å². The van der Waals surface area contributed by atoms with Crippen LogP contribution in [0.2, 0.25) is 0 Å². The SMILES string of the molecule is COc1ccc2ccc(OC)c(CCCN)c2c1. The van der Waals surface area contributed by atoms with Gasteiger partial charge < -0.3 is 15.2 Å². The molecule has 0 saturated heterocycles. The summed E-state index contributed by atoms with van der Waals surface area (Å²) in [5.74, 6) is 1.79. The van der Waals surface area contributed by atoms with Gasteiger partial charge >= 0.3 is 0 Å². The van der Waals surface area contributed by atoms with Crippen molar-refractivity contribution in [1.29, 1.82) is 0 Å². The summed E-state index contributed by atoms with van der Waals surface area (Å²) < 4.78 is 10.7. The second-order valence-corrected chi connectivity index (χ2v) is 4.23. The van der Waals surface area contributed by atoms with Crippen molar-refractivity contribution >= 4 is 10.8 Å². The number of rotatable bonds is 5. The normalized spacial score (nSPS) is 10.6. The minimum absolute atomic E-state index is 0.684. The van der Waals surface area contributed by atoms with Crippen LogP contribution in [0.25, 0.3) is 10.8 Å². The van der Waals surface area contributed by atoms with Crippen LogP contribution in [0.3, 0.4) is 0 Å². The fourth-order valence-electron chi connectivity index (χ4n) is 2.20. The number of hydrogen-bond donors (Lipinski definition) is 1. The highest BCUT2D eigenvalue weighted by Crippen LogP contribution is 2.31. The number of aryl methyl sites for hydroxylation is 1. The van der Waals surface area contributed by atoms with Gasteiger partial charge in [0.15, 0.2) is 0 Å². The molecule has 0 amide bonds. The molecule has 0 heterocycles. The van der Waals surface area contributed by atoms with Crippen molar-refractivity contribution in [3.63, 3.8) is 0 Å². The van der Waals surface area contributed by atoms with Gasteiger partial charge in [0.05, 0.1) is 14.2 Å². The summed E-state index contributed by atoms with van der Waals surface area (Å²) in [5.41, 5.74) is 6.81. The molecule has 0 saturated carbocycles. The Labute approximate surface area is 108 Å². The molecule has 18 heavy (non-hydrogen) atoms. The molecule has 0 aromatic heterocycles. The van der Waals surface area contributed by atoms with E-state index in [-0.39, 0.29) is 0 Å². The molecule has 2 N–H and O–H groups in total. The van der Waals surface area contributed by atoms with E-state index in [1.807, 2.05) is 12.1 Å². The van der Waals surface area contributed by atoms with Crippen LogP contribution in [-0.4, -0.2) is 20.8 Å². The molecule has 0 unspecified atom stereocenters. The highest BCUT2D eigenvalue weighted by atomic mass is 16.5. The van der Waals surface area contributed by atoms with Crippen LogP contribution in [0.1, 0.15) is 12.0 Å². The molecule has 96 valence electrons. The number of ether oxygens (including phenoxy) is 2. The second-order valence-electron chi connectivity index (χ2n) is 4.23. The molecule has 0 fully saturated rings. The van der Waals surface area contributed by atoms with E-state index < -0.39 is 0 Å². The number of benzene rings is 2. The van der Waals surface area contributed by atoms with Crippen molar-refractivity contribution < 1.29 is 9.47 Å². The first-order valence-corrected chi connectivity index (χ1v) is 6.14. The van der Waals surface area contributed by atoms with Crippen molar-refractivity contribution in [2.24, 2.45) is 5.73 Å². The van der Waals surface area contributed by atoms with Gasteiger partial charge in [-0.3, -0.25) is 0 Å². The standard InChI is InChI=1S/C15H19NO2/c1-17-12-7-5-11-6-8-15(18-2)13(4-3-9-16)14(11)10-12/h5-8,10H,3-4,9,16H2,1-2H3. The molecular weight excluding hydrogens is 226 g/mol. The molecule has 0 aliphatic rings. The summed E-state index contributed by atoms with van der Waals surface area (Å²) in [6, 6.07) is 10.2. The first-order chi connectivity index (χ1) is 8.80. The maximum absolute atomic E-state index is 5.60. The Balaban J connectivity index is 2.58. The lowest BCUT2D eigenvalue weighted by Gasteiger charge is -2.12. The van der Waals surface area contributed by atoms with E-state index in [4.69, 9.17) is 15.2 Å². The smallest absolute Gasteiger partial charge is 0.122 e. The van der Waals surface area contributed by atoms with Gasteiger partial charge in [-0.2, -0.15) is 0 Å². The fraction of sp³-hybridized carbons (Fsp3) is 0.333. The molecule has 0 radical (unpaired) electrons. The Bertz CT molecular complexity index is 532. The Morgan fingerprint density at radius 1 is 1.06 bits per heavy atom. The molecule has 0 spiro atoms. The molecule has 2 aromatic rings. The third kappa shape index (κ3) is 2.41. The van der Waals surface area contributed by atoms with Crippen LogP contribution < -0.4 is 15.2 Å². The van der Waals surface area contributed by atoms with Crippen LogP contribution in [0.15, 0.2) is 30.3 Å². The Morgan fingerprint density at radius 3 is 2.50 bits per heavy atom. The van der Waals surface area contributed by atoms with Crippen LogP contribution >= 0.6 is 0 Å². The molecule has 0 bridgehead atoms. The van der Waals surface area contributed by atoms with Gasteiger partial charge in [-0.15, -0.1) is 0 Å². The monoisotopic (exact) mass is 245 g/mol. The average Bonchev–Trinajstić information content (AvgIpc) is 2.43. The van der Waals surface area contributed by atoms with Crippen molar-refractivity contribution in [2.75, 3.05) is 20.8 Å². The van der Waals surface area contributed by atoms with Gasteiger partial charge in [0, 0.05) is 5.56 Å². The third-order valence-electron chi connectivity index (χ3n) is 3.15. The second kappa shape index (κ2) is 5.74. The van der Waals surface area contributed by atoms with E-state index in [0.29, 0.717) is 6.54 Å². The number of methoxy groups -OCH3 is 2. The summed E-state index contributed by atoms with van der Waals surface area (Å²) in [5, 5.41) is 2.38. The zero-order chi connectivity index (χ0) is 13.0. The highest BCUT2D eigenvalue weighted by molar-refractivity contribution is 5.89. The molecule has 3 heteroatoms. The maximum Gasteiger partial charge on any atom is 0.122 e. The van der Waals surface area contributed by atoms with Crippen molar-refractivity contribution in [3.05, 3.63) is 35.9 Å². The highest BCUT2D eigenvalue weighted by Gasteiger charge is 2.08. The van der Waals surface area contributed by atoms with E-state index in [2.05, 4.69) is 18.2 Å². The lowest BCUT2D eigenvalue weighted by molar-refractivity contribution is 0.409. The minimum atomic E-state index is 0.684. The van der Waals surface area contributed by atoms with Gasteiger partial charge in [-0.1, -0.05) is 12.1 Å². The molecule has 2 rings (SSSR count). The Kier molecular flexibility index (Phi) is 4.05. The first kappa shape index (κ1) is 12.7. The lowest BCUT2D eigenvalue weighted by Crippen LogP contribution is -2.02. The fourth-order valence-corrected chi connectivity index (χ4v) is 2.20. The Hall–Kier alpha value is -1.74. The summed E-state index contributed by atoms with van der Waals surface area (Å²) in [4.78, 5) is 0. The first-order valence-electron chi connectivity index (χ1n) is 6.14. The van der Waals surface area contributed by atoms with Crippen molar-refractivity contribution in [3.8, 4) is 11.5 Å². The predicted octanol–water partition coefficient (Wildman–Crippen LogP) is 2.75. The van der Waals surface area contributed by atoms with Crippen LogP contribution in [0.4, 0.5) is 0 Å². The van der Waals surface area contributed by atoms with Crippen molar-refractivity contribution in [2.45, 2.75) is 12.8 Å². The topological polar surface area (TPSA) is 44.5 Å². The van der Waals surface area contributed by atoms with E-state index >= 15 is 0 Å². The zero-order valence-electron chi connectivity index (χ0n) is 10.9. The maximum atomic E-state index is 5.60. The third-order valence-corrected chi connectivity index (χ3v) is 3.15. The quantitative estimate of drug-likeness (QED) is 0.881.